The molecule has 0 bridgehead atoms. The number of hydrogen-bond acceptors (Lipinski definition) is 6. The molecular formula is C18H38Cl2O6PSb. The molecule has 10 heteroatoms. The maximum atomic E-state index is 13.6. The van der Waals surface area contributed by atoms with E-state index in [4.69, 9.17) is 41.3 Å². The summed E-state index contributed by atoms with van der Waals surface area (Å²) >= 11 is 8.89. The summed E-state index contributed by atoms with van der Waals surface area (Å²) in [4.78, 5) is 0. The Morgan fingerprint density at radius 3 is 1.79 bits per heavy atom. The Labute approximate surface area is 190 Å². The van der Waals surface area contributed by atoms with Crippen molar-refractivity contribution in [3.8, 4) is 0 Å². The normalized spacial score (nSPS) is 16.9. The summed E-state index contributed by atoms with van der Waals surface area (Å²) in [5, 5.41) is -0.363. The Balaban J connectivity index is 5.62. The fraction of sp³-hybridized carbons (Fsp3) is 1.00. The van der Waals surface area contributed by atoms with E-state index in [0.29, 0.717) is 13.2 Å². The van der Waals surface area contributed by atoms with E-state index in [0.717, 1.165) is 25.7 Å². The number of halogens is 2. The van der Waals surface area contributed by atoms with Gasteiger partial charge < -0.3 is 0 Å². The molecule has 0 saturated carbocycles. The van der Waals surface area contributed by atoms with Crippen LogP contribution in [-0.2, 0) is 22.7 Å². The maximum absolute atomic E-state index is 13.6. The molecule has 0 fully saturated rings. The molecule has 0 N–H and O–H groups in total. The van der Waals surface area contributed by atoms with Crippen molar-refractivity contribution >= 4 is 52.3 Å². The zero-order chi connectivity index (χ0) is 21.6. The minimum atomic E-state index is -3.49. The van der Waals surface area contributed by atoms with Gasteiger partial charge in [0, 0.05) is 0 Å². The molecule has 0 spiro atoms. The van der Waals surface area contributed by atoms with Crippen molar-refractivity contribution in [2.24, 2.45) is 5.92 Å². The molecule has 0 aliphatic carbocycles. The third-order valence-corrected chi connectivity index (χ3v) is 10.1. The van der Waals surface area contributed by atoms with Gasteiger partial charge in [0.15, 0.2) is 0 Å². The molecule has 28 heavy (non-hydrogen) atoms. The number of rotatable bonds is 18. The monoisotopic (exact) mass is 572 g/mol. The van der Waals surface area contributed by atoms with Crippen molar-refractivity contribution in [2.75, 3.05) is 26.4 Å². The van der Waals surface area contributed by atoms with Crippen molar-refractivity contribution < 1.29 is 22.7 Å². The summed E-state index contributed by atoms with van der Waals surface area (Å²) in [5.74, 6) is -0.701. The van der Waals surface area contributed by atoms with Crippen molar-refractivity contribution in [3.05, 3.63) is 0 Å². The third kappa shape index (κ3) is 12.3. The van der Waals surface area contributed by atoms with E-state index < -0.39 is 34.9 Å². The summed E-state index contributed by atoms with van der Waals surface area (Å²) in [6, 6.07) is 0. The zero-order valence-corrected chi connectivity index (χ0v) is 23.0. The molecule has 0 amide bonds. The van der Waals surface area contributed by atoms with Crippen LogP contribution in [0.1, 0.15) is 67.2 Å². The van der Waals surface area contributed by atoms with Gasteiger partial charge >= 0.3 is 191 Å². The fourth-order valence-electron chi connectivity index (χ4n) is 2.47. The number of alkyl halides is 2. The number of hydrogen-bond donors (Lipinski definition) is 0. The second-order valence-electron chi connectivity index (χ2n) is 6.56. The molecule has 0 saturated heterocycles. The van der Waals surface area contributed by atoms with Gasteiger partial charge in [0.05, 0.1) is 0 Å². The summed E-state index contributed by atoms with van der Waals surface area (Å²) in [6.07, 6.45) is 3.71. The van der Waals surface area contributed by atoms with Gasteiger partial charge in [-0.3, -0.25) is 0 Å². The molecule has 0 aromatic carbocycles. The van der Waals surface area contributed by atoms with E-state index in [-0.39, 0.29) is 29.9 Å². The molecule has 4 unspecified atom stereocenters. The molecule has 0 aromatic rings. The van der Waals surface area contributed by atoms with E-state index >= 15 is 0 Å². The average molecular weight is 574 g/mol. The molecular weight excluding hydrogens is 536 g/mol. The fourth-order valence-corrected chi connectivity index (χ4v) is 10.2. The van der Waals surface area contributed by atoms with Crippen LogP contribution >= 0.6 is 30.8 Å². The van der Waals surface area contributed by atoms with Crippen LogP contribution in [0.15, 0.2) is 0 Å². The van der Waals surface area contributed by atoms with Crippen LogP contribution in [-0.4, -0.2) is 64.5 Å². The van der Waals surface area contributed by atoms with Crippen LogP contribution < -0.4 is 0 Å². The Hall–Kier alpha value is 1.43. The van der Waals surface area contributed by atoms with Crippen LogP contribution in [0.5, 0.6) is 0 Å². The second kappa shape index (κ2) is 17.0. The number of unbranched alkanes of at least 4 members (excludes halogenated alkanes) is 1. The van der Waals surface area contributed by atoms with Gasteiger partial charge in [-0.15, -0.1) is 0 Å². The predicted molar refractivity (Wildman–Crippen MR) is 117 cm³/mol. The molecule has 0 aromatic heterocycles. The van der Waals surface area contributed by atoms with Crippen LogP contribution in [0, 0.1) is 5.92 Å². The van der Waals surface area contributed by atoms with Crippen molar-refractivity contribution in [3.63, 3.8) is 0 Å². The van der Waals surface area contributed by atoms with Crippen molar-refractivity contribution in [2.45, 2.75) is 83.8 Å². The molecule has 170 valence electrons. The Morgan fingerprint density at radius 1 is 0.929 bits per heavy atom. The molecule has 0 aliphatic heterocycles. The quantitative estimate of drug-likeness (QED) is 0.112. The Bertz CT molecular complexity index is 409. The standard InChI is InChI=1S/C12H26O4P.2C3H6ClO.Sb/c1-5-9-10-11(6-2)12(13)17(14,15-7-3)16-8-4;2*1-3(4)2-5;/h11-12H,5-10H2,1-4H3;2*3H,2H2,1H3;/q3*-1;+3. The van der Waals surface area contributed by atoms with Gasteiger partial charge in [-0.05, 0) is 0 Å². The third-order valence-electron chi connectivity index (χ3n) is 3.80. The van der Waals surface area contributed by atoms with Gasteiger partial charge in [0.25, 0.3) is 0 Å². The Morgan fingerprint density at radius 2 is 1.43 bits per heavy atom. The summed E-state index contributed by atoms with van der Waals surface area (Å²) in [6.45, 7) is 12.6. The van der Waals surface area contributed by atoms with E-state index in [9.17, 15) is 4.57 Å². The first kappa shape index (κ1) is 29.4. The van der Waals surface area contributed by atoms with Crippen LogP contribution in [0.25, 0.3) is 0 Å². The average Bonchev–Trinajstić information content (AvgIpc) is 2.62. The van der Waals surface area contributed by atoms with Crippen molar-refractivity contribution in [1.82, 2.24) is 0 Å². The van der Waals surface area contributed by atoms with Gasteiger partial charge in [-0.2, -0.15) is 0 Å². The first-order valence-electron chi connectivity index (χ1n) is 10.1. The summed E-state index contributed by atoms with van der Waals surface area (Å²) in [5.41, 5.74) is 0. The first-order chi connectivity index (χ1) is 13.2. The van der Waals surface area contributed by atoms with E-state index in [2.05, 4.69) is 13.8 Å². The summed E-state index contributed by atoms with van der Waals surface area (Å²) in [7, 11) is -3.49. The molecule has 0 radical (unpaired) electrons. The van der Waals surface area contributed by atoms with Gasteiger partial charge in [0.2, 0.25) is 0 Å². The van der Waals surface area contributed by atoms with E-state index in [1.54, 1.807) is 13.8 Å². The van der Waals surface area contributed by atoms with Crippen molar-refractivity contribution in [1.29, 1.82) is 0 Å². The molecule has 0 rings (SSSR count). The van der Waals surface area contributed by atoms with E-state index in [1.165, 1.54) is 0 Å². The SMILES string of the molecule is CCCCC(CC)C([O][Sb]([O]CC(C)Cl)[O]CC(C)Cl)P(=O)(OCC)OCC. The van der Waals surface area contributed by atoms with Gasteiger partial charge in [-0.1, -0.05) is 0 Å². The topological polar surface area (TPSA) is 63.2 Å². The van der Waals surface area contributed by atoms with Crippen LogP contribution in [0.2, 0.25) is 0 Å². The molecule has 0 aliphatic rings. The van der Waals surface area contributed by atoms with Gasteiger partial charge in [0.1, 0.15) is 0 Å². The molecule has 0 heterocycles. The minimum absolute atomic E-state index is 0.0185. The van der Waals surface area contributed by atoms with E-state index in [1.807, 2.05) is 13.8 Å². The Kier molecular flexibility index (Phi) is 17.9. The van der Waals surface area contributed by atoms with Crippen LogP contribution in [0.4, 0.5) is 0 Å². The van der Waals surface area contributed by atoms with Gasteiger partial charge in [-0.25, -0.2) is 0 Å². The van der Waals surface area contributed by atoms with Crippen LogP contribution in [0.3, 0.4) is 0 Å². The second-order valence-corrected chi connectivity index (χ2v) is 13.5. The zero-order valence-electron chi connectivity index (χ0n) is 18.1. The molecule has 4 atom stereocenters. The first-order valence-corrected chi connectivity index (χ1v) is 15.7. The summed E-state index contributed by atoms with van der Waals surface area (Å²) < 4.78 is 42.8. The predicted octanol–water partition coefficient (Wildman–Crippen LogP) is 6.08. The molecule has 6 nitrogen and oxygen atoms in total.